The van der Waals surface area contributed by atoms with Crippen molar-refractivity contribution in [2.45, 2.75) is 19.4 Å². The average Bonchev–Trinajstić information content (AvgIpc) is 3.05. The zero-order valence-corrected chi connectivity index (χ0v) is 16.9. The van der Waals surface area contributed by atoms with E-state index in [-0.39, 0.29) is 0 Å². The summed E-state index contributed by atoms with van der Waals surface area (Å²) in [6, 6.07) is 11.8. The van der Waals surface area contributed by atoms with Gasteiger partial charge in [-0.25, -0.2) is 4.68 Å². The quantitative estimate of drug-likeness (QED) is 0.694. The molecule has 0 atom stereocenters. The Labute approximate surface area is 170 Å². The van der Waals surface area contributed by atoms with E-state index in [2.05, 4.69) is 11.9 Å². The smallest absolute Gasteiger partial charge is 0.254 e. The lowest BCUT2D eigenvalue weighted by molar-refractivity contribution is 0.100. The molecule has 1 fully saturated rings. The van der Waals surface area contributed by atoms with E-state index in [0.717, 1.165) is 48.0 Å². The largest absolute Gasteiger partial charge is 0.497 e. The Kier molecular flexibility index (Phi) is 5.15. The summed E-state index contributed by atoms with van der Waals surface area (Å²) in [4.78, 5) is 14.5. The fourth-order valence-corrected chi connectivity index (χ4v) is 4.05. The number of likely N-dealkylation sites (tertiary alicyclic amines) is 1. The number of hydrogen-bond acceptors (Lipinski definition) is 5. The van der Waals surface area contributed by atoms with Gasteiger partial charge in [0.05, 0.1) is 7.11 Å². The molecule has 4 rings (SSSR count). The molecular formula is C22H27N5O2. The molecule has 0 unspecified atom stereocenters. The molecule has 4 N–H and O–H groups in total. The number of anilines is 1. The Morgan fingerprint density at radius 2 is 1.86 bits per heavy atom. The van der Waals surface area contributed by atoms with Crippen molar-refractivity contribution in [2.24, 2.45) is 11.7 Å². The molecule has 29 heavy (non-hydrogen) atoms. The van der Waals surface area contributed by atoms with Crippen molar-refractivity contribution in [1.82, 2.24) is 14.7 Å². The summed E-state index contributed by atoms with van der Waals surface area (Å²) in [7, 11) is 3.78. The van der Waals surface area contributed by atoms with Crippen molar-refractivity contribution in [2.75, 3.05) is 33.0 Å². The van der Waals surface area contributed by atoms with E-state index < -0.39 is 5.91 Å². The molecule has 7 nitrogen and oxygen atoms in total. The summed E-state index contributed by atoms with van der Waals surface area (Å²) in [5, 5.41) is 6.79. The molecule has 0 spiro atoms. The SMILES string of the molecule is COc1ccc2cc(-c3nn(CC4CCN(C)CC4)c(N)c3C(N)=O)ccc2c1. The van der Waals surface area contributed by atoms with E-state index in [0.29, 0.717) is 29.5 Å². The summed E-state index contributed by atoms with van der Waals surface area (Å²) in [5.74, 6) is 1.09. The van der Waals surface area contributed by atoms with Gasteiger partial charge in [0.2, 0.25) is 0 Å². The van der Waals surface area contributed by atoms with Gasteiger partial charge in [0.25, 0.3) is 5.91 Å². The molecule has 1 aliphatic rings. The fourth-order valence-electron chi connectivity index (χ4n) is 4.05. The Morgan fingerprint density at radius 3 is 2.55 bits per heavy atom. The highest BCUT2D eigenvalue weighted by atomic mass is 16.5. The highest BCUT2D eigenvalue weighted by Gasteiger charge is 2.24. The molecular weight excluding hydrogens is 366 g/mol. The standard InChI is InChI=1S/C22H27N5O2/c1-26-9-7-14(8-10-26)13-27-21(23)19(22(24)28)20(25-27)17-4-3-16-12-18(29-2)6-5-15(16)11-17/h3-6,11-12,14H,7-10,13,23H2,1-2H3,(H2,24,28). The highest BCUT2D eigenvalue weighted by molar-refractivity contribution is 6.04. The first-order valence-electron chi connectivity index (χ1n) is 9.89. The molecule has 1 amide bonds. The van der Waals surface area contributed by atoms with Crippen molar-refractivity contribution < 1.29 is 9.53 Å². The van der Waals surface area contributed by atoms with Crippen LogP contribution >= 0.6 is 0 Å². The van der Waals surface area contributed by atoms with E-state index in [1.807, 2.05) is 36.4 Å². The lowest BCUT2D eigenvalue weighted by atomic mass is 9.97. The highest BCUT2D eigenvalue weighted by Crippen LogP contribution is 2.31. The number of piperidine rings is 1. The fraction of sp³-hybridized carbons (Fsp3) is 0.364. The van der Waals surface area contributed by atoms with Crippen LogP contribution in [0.25, 0.3) is 22.0 Å². The van der Waals surface area contributed by atoms with Gasteiger partial charge in [-0.3, -0.25) is 4.79 Å². The number of nitrogens with zero attached hydrogens (tertiary/aromatic N) is 3. The second-order valence-electron chi connectivity index (χ2n) is 7.83. The van der Waals surface area contributed by atoms with Gasteiger partial charge in [0.15, 0.2) is 0 Å². The number of amides is 1. The maximum atomic E-state index is 12.2. The van der Waals surface area contributed by atoms with Crippen LogP contribution in [0.3, 0.4) is 0 Å². The third kappa shape index (κ3) is 3.78. The molecule has 1 aliphatic heterocycles. The van der Waals surface area contributed by atoms with Gasteiger partial charge < -0.3 is 21.1 Å². The Hall–Kier alpha value is -3.06. The number of ether oxygens (including phenoxy) is 1. The van der Waals surface area contributed by atoms with Crippen molar-refractivity contribution in [3.63, 3.8) is 0 Å². The maximum Gasteiger partial charge on any atom is 0.254 e. The van der Waals surface area contributed by atoms with Crippen LogP contribution in [0.1, 0.15) is 23.2 Å². The zero-order chi connectivity index (χ0) is 20.5. The molecule has 0 radical (unpaired) electrons. The van der Waals surface area contributed by atoms with Gasteiger partial charge in [0.1, 0.15) is 22.8 Å². The third-order valence-electron chi connectivity index (χ3n) is 5.83. The van der Waals surface area contributed by atoms with E-state index in [9.17, 15) is 4.79 Å². The van der Waals surface area contributed by atoms with Gasteiger partial charge in [0, 0.05) is 12.1 Å². The van der Waals surface area contributed by atoms with E-state index in [1.54, 1.807) is 11.8 Å². The molecule has 0 saturated carbocycles. The number of nitrogens with two attached hydrogens (primary N) is 2. The monoisotopic (exact) mass is 393 g/mol. The molecule has 0 bridgehead atoms. The first-order valence-corrected chi connectivity index (χ1v) is 9.89. The minimum atomic E-state index is -0.554. The normalized spacial score (nSPS) is 15.7. The second kappa shape index (κ2) is 7.75. The second-order valence-corrected chi connectivity index (χ2v) is 7.83. The summed E-state index contributed by atoms with van der Waals surface area (Å²) < 4.78 is 7.04. The summed E-state index contributed by atoms with van der Waals surface area (Å²) in [5.41, 5.74) is 13.6. The lowest BCUT2D eigenvalue weighted by Crippen LogP contribution is -2.32. The third-order valence-corrected chi connectivity index (χ3v) is 5.83. The number of benzene rings is 2. The van der Waals surface area contributed by atoms with Gasteiger partial charge in [-0.1, -0.05) is 18.2 Å². The van der Waals surface area contributed by atoms with Crippen LogP contribution in [0.2, 0.25) is 0 Å². The van der Waals surface area contributed by atoms with Crippen LogP contribution in [0.5, 0.6) is 5.75 Å². The summed E-state index contributed by atoms with van der Waals surface area (Å²) in [6.07, 6.45) is 2.18. The van der Waals surface area contributed by atoms with Crippen molar-refractivity contribution in [1.29, 1.82) is 0 Å². The van der Waals surface area contributed by atoms with Crippen LogP contribution in [0, 0.1) is 5.92 Å². The van der Waals surface area contributed by atoms with Crippen LogP contribution < -0.4 is 16.2 Å². The Bertz CT molecular complexity index is 1050. The molecule has 2 aromatic carbocycles. The van der Waals surface area contributed by atoms with Gasteiger partial charge in [-0.15, -0.1) is 0 Å². The van der Waals surface area contributed by atoms with Gasteiger partial charge >= 0.3 is 0 Å². The number of carbonyl (C=O) groups is 1. The minimum Gasteiger partial charge on any atom is -0.497 e. The van der Waals surface area contributed by atoms with Crippen molar-refractivity contribution >= 4 is 22.5 Å². The number of fused-ring (bicyclic) bond motifs is 1. The molecule has 1 aromatic heterocycles. The first-order chi connectivity index (χ1) is 14.0. The average molecular weight is 393 g/mol. The number of rotatable bonds is 5. The lowest BCUT2D eigenvalue weighted by Gasteiger charge is -2.28. The number of carbonyl (C=O) groups excluding carboxylic acids is 1. The van der Waals surface area contributed by atoms with Gasteiger partial charge in [-0.2, -0.15) is 5.10 Å². The number of nitrogen functional groups attached to an aromatic ring is 1. The molecule has 3 aromatic rings. The van der Waals surface area contributed by atoms with Crippen LogP contribution in [0.15, 0.2) is 36.4 Å². The number of aromatic nitrogens is 2. The zero-order valence-electron chi connectivity index (χ0n) is 16.9. The predicted molar refractivity (Wildman–Crippen MR) is 115 cm³/mol. The van der Waals surface area contributed by atoms with E-state index in [4.69, 9.17) is 21.3 Å². The Morgan fingerprint density at radius 1 is 1.17 bits per heavy atom. The number of methoxy groups -OCH3 is 1. The summed E-state index contributed by atoms with van der Waals surface area (Å²) in [6.45, 7) is 2.83. The Balaban J connectivity index is 1.71. The summed E-state index contributed by atoms with van der Waals surface area (Å²) >= 11 is 0. The molecule has 152 valence electrons. The molecule has 2 heterocycles. The molecule has 1 saturated heterocycles. The minimum absolute atomic E-state index is 0.297. The topological polar surface area (TPSA) is 99.4 Å². The van der Waals surface area contributed by atoms with Crippen LogP contribution in [0.4, 0.5) is 5.82 Å². The molecule has 7 heteroatoms. The predicted octanol–water partition coefficient (Wildman–Crippen LogP) is 2.73. The number of hydrogen-bond donors (Lipinski definition) is 2. The van der Waals surface area contributed by atoms with Gasteiger partial charge in [-0.05, 0) is 67.9 Å². The number of primary amides is 1. The van der Waals surface area contributed by atoms with E-state index >= 15 is 0 Å². The van der Waals surface area contributed by atoms with Crippen LogP contribution in [-0.2, 0) is 6.54 Å². The first kappa shape index (κ1) is 19.3. The molecule has 0 aliphatic carbocycles. The van der Waals surface area contributed by atoms with Crippen molar-refractivity contribution in [3.05, 3.63) is 42.0 Å². The van der Waals surface area contributed by atoms with Crippen molar-refractivity contribution in [3.8, 4) is 17.0 Å². The van der Waals surface area contributed by atoms with E-state index in [1.165, 1.54) is 0 Å². The van der Waals surface area contributed by atoms with Crippen LogP contribution in [-0.4, -0.2) is 47.8 Å². The maximum absolute atomic E-state index is 12.2.